The number of nitrogens with zero attached hydrogens (tertiary/aromatic N) is 1. The molecule has 1 amide bonds. The Bertz CT molecular complexity index is 1110. The lowest BCUT2D eigenvalue weighted by Gasteiger charge is -2.25. The summed E-state index contributed by atoms with van der Waals surface area (Å²) < 4.78 is 16.1. The van der Waals surface area contributed by atoms with Crippen LogP contribution in [0.3, 0.4) is 0 Å². The molecular formula is C27H33NO7. The summed E-state index contributed by atoms with van der Waals surface area (Å²) in [6, 6.07) is 8.95. The monoisotopic (exact) mass is 483 g/mol. The molecule has 8 heteroatoms. The van der Waals surface area contributed by atoms with Crippen molar-refractivity contribution in [2.75, 3.05) is 34.0 Å². The van der Waals surface area contributed by atoms with E-state index in [1.54, 1.807) is 37.4 Å². The van der Waals surface area contributed by atoms with E-state index in [9.17, 15) is 19.8 Å². The number of carbonyl (C=O) groups excluding carboxylic acids is 2. The van der Waals surface area contributed by atoms with Crippen LogP contribution in [0.25, 0.3) is 5.76 Å². The second kappa shape index (κ2) is 11.8. The number of Topliss-reactive ketones (excluding diaryl/α,β-unsaturated/α-hetero) is 1. The number of hydrogen-bond donors (Lipinski definition) is 2. The highest BCUT2D eigenvalue weighted by molar-refractivity contribution is 6.46. The van der Waals surface area contributed by atoms with Gasteiger partial charge >= 0.3 is 0 Å². The Balaban J connectivity index is 2.08. The number of phenols is 1. The van der Waals surface area contributed by atoms with Gasteiger partial charge in [0.1, 0.15) is 11.5 Å². The number of rotatable bonds is 11. The summed E-state index contributed by atoms with van der Waals surface area (Å²) >= 11 is 0. The van der Waals surface area contributed by atoms with Crippen LogP contribution in [0.4, 0.5) is 0 Å². The molecule has 35 heavy (non-hydrogen) atoms. The van der Waals surface area contributed by atoms with E-state index in [0.29, 0.717) is 36.5 Å². The van der Waals surface area contributed by atoms with Crippen molar-refractivity contribution in [3.63, 3.8) is 0 Å². The van der Waals surface area contributed by atoms with Gasteiger partial charge in [-0.2, -0.15) is 0 Å². The first-order valence-electron chi connectivity index (χ1n) is 11.7. The van der Waals surface area contributed by atoms with Crippen molar-refractivity contribution in [2.45, 2.75) is 39.2 Å². The molecular weight excluding hydrogens is 450 g/mol. The number of aromatic hydroxyl groups is 1. The number of carbonyl (C=O) groups is 2. The second-order valence-electron chi connectivity index (χ2n) is 8.45. The molecule has 1 saturated heterocycles. The van der Waals surface area contributed by atoms with Gasteiger partial charge in [0.25, 0.3) is 11.7 Å². The first-order valence-corrected chi connectivity index (χ1v) is 11.7. The molecule has 0 aliphatic carbocycles. The number of aliphatic hydroxyl groups is 1. The maximum atomic E-state index is 13.1. The molecule has 2 N–H and O–H groups in total. The summed E-state index contributed by atoms with van der Waals surface area (Å²) in [6.07, 6.45) is 2.46. The molecule has 1 unspecified atom stereocenters. The van der Waals surface area contributed by atoms with Crippen LogP contribution >= 0.6 is 0 Å². The van der Waals surface area contributed by atoms with E-state index in [-0.39, 0.29) is 29.4 Å². The molecule has 0 spiro atoms. The number of hydrogen-bond acceptors (Lipinski definition) is 7. The van der Waals surface area contributed by atoms with E-state index in [1.165, 1.54) is 18.1 Å². The van der Waals surface area contributed by atoms with Crippen LogP contribution in [0.5, 0.6) is 17.2 Å². The second-order valence-corrected chi connectivity index (χ2v) is 8.45. The number of methoxy groups -OCH3 is 2. The number of unbranched alkanes of at least 4 members (excludes halogenated alkanes) is 1. The van der Waals surface area contributed by atoms with Crippen LogP contribution in [0, 0.1) is 6.92 Å². The van der Waals surface area contributed by atoms with Gasteiger partial charge in [0.2, 0.25) is 0 Å². The highest BCUT2D eigenvalue weighted by Crippen LogP contribution is 2.42. The number of phenolic OH excluding ortho intramolecular Hbond substituents is 1. The van der Waals surface area contributed by atoms with Crippen molar-refractivity contribution in [1.29, 1.82) is 0 Å². The Labute approximate surface area is 205 Å². The molecule has 3 rings (SSSR count). The first-order chi connectivity index (χ1) is 16.8. The molecule has 1 fully saturated rings. The molecule has 188 valence electrons. The first kappa shape index (κ1) is 26.1. The topological polar surface area (TPSA) is 106 Å². The number of ketones is 1. The van der Waals surface area contributed by atoms with Crippen LogP contribution < -0.4 is 9.47 Å². The number of amides is 1. The molecule has 1 aliphatic rings. The van der Waals surface area contributed by atoms with E-state index in [0.717, 1.165) is 18.4 Å². The summed E-state index contributed by atoms with van der Waals surface area (Å²) in [5.74, 6) is -0.891. The lowest BCUT2D eigenvalue weighted by molar-refractivity contribution is -0.140. The largest absolute Gasteiger partial charge is 0.507 e. The number of ether oxygens (including phenoxy) is 3. The fraction of sp³-hybridized carbons (Fsp3) is 0.407. The van der Waals surface area contributed by atoms with Gasteiger partial charge in [-0.3, -0.25) is 9.59 Å². The van der Waals surface area contributed by atoms with Gasteiger partial charge in [0, 0.05) is 25.8 Å². The third kappa shape index (κ3) is 5.59. The third-order valence-electron chi connectivity index (χ3n) is 6.01. The summed E-state index contributed by atoms with van der Waals surface area (Å²) in [5.41, 5.74) is 1.74. The number of aryl methyl sites for hydroxylation is 1. The predicted octanol–water partition coefficient (Wildman–Crippen LogP) is 4.35. The zero-order valence-corrected chi connectivity index (χ0v) is 20.7. The van der Waals surface area contributed by atoms with Crippen molar-refractivity contribution in [2.24, 2.45) is 0 Å². The third-order valence-corrected chi connectivity index (χ3v) is 6.01. The number of aliphatic hydroxyl groups excluding tert-OH is 1. The van der Waals surface area contributed by atoms with E-state index < -0.39 is 17.7 Å². The summed E-state index contributed by atoms with van der Waals surface area (Å²) in [4.78, 5) is 27.6. The van der Waals surface area contributed by atoms with Gasteiger partial charge in [-0.15, -0.1) is 0 Å². The smallest absolute Gasteiger partial charge is 0.295 e. The van der Waals surface area contributed by atoms with E-state index >= 15 is 0 Å². The Kier molecular flexibility index (Phi) is 8.76. The highest BCUT2D eigenvalue weighted by atomic mass is 16.5. The van der Waals surface area contributed by atoms with Crippen LogP contribution in [-0.2, 0) is 14.3 Å². The minimum Gasteiger partial charge on any atom is -0.507 e. The van der Waals surface area contributed by atoms with Crippen LogP contribution in [0.2, 0.25) is 0 Å². The van der Waals surface area contributed by atoms with Gasteiger partial charge in [-0.25, -0.2) is 0 Å². The summed E-state index contributed by atoms with van der Waals surface area (Å²) in [7, 11) is 2.98. The van der Waals surface area contributed by atoms with Gasteiger partial charge in [0.15, 0.2) is 11.5 Å². The molecule has 1 aliphatic heterocycles. The average molecular weight is 484 g/mol. The Morgan fingerprint density at radius 3 is 2.46 bits per heavy atom. The van der Waals surface area contributed by atoms with E-state index in [1.807, 2.05) is 6.92 Å². The minimum atomic E-state index is -0.845. The van der Waals surface area contributed by atoms with Crippen LogP contribution in [-0.4, -0.2) is 60.8 Å². The fourth-order valence-corrected chi connectivity index (χ4v) is 4.14. The molecule has 1 heterocycles. The fourth-order valence-electron chi connectivity index (χ4n) is 4.14. The standard InChI is InChI=1S/C27H33NO7/c1-5-6-14-35-21-11-9-19(15-17(21)2)25(30)23-24(18-8-10-20(29)22(16-18)34-4)28(12-7-13-33-3)27(32)26(23)31/h8-11,15-16,24,29-30H,5-7,12-14H2,1-4H3. The van der Waals surface area contributed by atoms with Crippen LogP contribution in [0.1, 0.15) is 48.9 Å². The average Bonchev–Trinajstić information content (AvgIpc) is 3.10. The zero-order valence-electron chi connectivity index (χ0n) is 20.7. The molecule has 0 saturated carbocycles. The highest BCUT2D eigenvalue weighted by Gasteiger charge is 2.46. The molecule has 0 radical (unpaired) electrons. The Hall–Kier alpha value is -3.52. The lowest BCUT2D eigenvalue weighted by Crippen LogP contribution is -2.31. The van der Waals surface area contributed by atoms with Crippen molar-refractivity contribution in [3.8, 4) is 17.2 Å². The quantitative estimate of drug-likeness (QED) is 0.212. The molecule has 8 nitrogen and oxygen atoms in total. The molecule has 0 aromatic heterocycles. The van der Waals surface area contributed by atoms with Crippen LogP contribution in [0.15, 0.2) is 42.0 Å². The summed E-state index contributed by atoms with van der Waals surface area (Å²) in [6.45, 7) is 5.21. The molecule has 0 bridgehead atoms. The predicted molar refractivity (Wildman–Crippen MR) is 132 cm³/mol. The maximum Gasteiger partial charge on any atom is 0.295 e. The zero-order chi connectivity index (χ0) is 25.5. The molecule has 2 aromatic carbocycles. The lowest BCUT2D eigenvalue weighted by atomic mass is 9.94. The number of likely N-dealkylation sites (tertiary alicyclic amines) is 1. The van der Waals surface area contributed by atoms with Gasteiger partial charge in [-0.05, 0) is 61.2 Å². The van der Waals surface area contributed by atoms with Crippen molar-refractivity contribution >= 4 is 17.4 Å². The molecule has 1 atom stereocenters. The van der Waals surface area contributed by atoms with E-state index in [4.69, 9.17) is 14.2 Å². The van der Waals surface area contributed by atoms with Gasteiger partial charge in [-0.1, -0.05) is 19.4 Å². The SMILES string of the molecule is CCCCOc1ccc(C(O)=C2C(=O)C(=O)N(CCCOC)C2c2ccc(O)c(OC)c2)cc1C. The van der Waals surface area contributed by atoms with Gasteiger partial charge < -0.3 is 29.3 Å². The van der Waals surface area contributed by atoms with E-state index in [2.05, 4.69) is 6.92 Å². The van der Waals surface area contributed by atoms with Crippen molar-refractivity contribution in [1.82, 2.24) is 4.90 Å². The molecule has 2 aromatic rings. The Morgan fingerprint density at radius 1 is 1.03 bits per heavy atom. The maximum absolute atomic E-state index is 13.1. The minimum absolute atomic E-state index is 0.0146. The number of benzene rings is 2. The van der Waals surface area contributed by atoms with Crippen molar-refractivity contribution < 1.29 is 34.0 Å². The van der Waals surface area contributed by atoms with Crippen molar-refractivity contribution in [3.05, 3.63) is 58.7 Å². The van der Waals surface area contributed by atoms with Gasteiger partial charge in [0.05, 0.1) is 25.3 Å². The Morgan fingerprint density at radius 2 is 1.80 bits per heavy atom. The summed E-state index contributed by atoms with van der Waals surface area (Å²) in [5, 5.41) is 21.3. The normalized spacial score (nSPS) is 17.1.